The van der Waals surface area contributed by atoms with Crippen LogP contribution in [0.4, 0.5) is 5.69 Å². The number of carboxylic acid groups (broad SMARTS) is 1. The predicted molar refractivity (Wildman–Crippen MR) is 56.2 cm³/mol. The number of hydrogen-bond acceptors (Lipinski definition) is 4. The van der Waals surface area contributed by atoms with Crippen LogP contribution in [0.5, 0.6) is 0 Å². The third kappa shape index (κ3) is 1.38. The zero-order valence-electron chi connectivity index (χ0n) is 7.84. The van der Waals surface area contributed by atoms with Gasteiger partial charge in [0.1, 0.15) is 0 Å². The van der Waals surface area contributed by atoms with E-state index in [9.17, 15) is 4.79 Å². The fourth-order valence-electron chi connectivity index (χ4n) is 1.39. The van der Waals surface area contributed by atoms with E-state index in [4.69, 9.17) is 10.9 Å². The van der Waals surface area contributed by atoms with Crippen LogP contribution in [-0.2, 0) is 4.79 Å². The Morgan fingerprint density at radius 1 is 1.47 bits per heavy atom. The molecule has 5 nitrogen and oxygen atoms in total. The summed E-state index contributed by atoms with van der Waals surface area (Å²) in [7, 11) is 0. The van der Waals surface area contributed by atoms with Gasteiger partial charge in [0.25, 0.3) is 0 Å². The molecule has 1 aliphatic rings. The van der Waals surface area contributed by atoms with Gasteiger partial charge in [-0.15, -0.1) is 0 Å². The minimum Gasteiger partial charge on any atom is -0.475 e. The Morgan fingerprint density at radius 3 is 2.80 bits per heavy atom. The van der Waals surface area contributed by atoms with E-state index >= 15 is 0 Å². The number of amidine groups is 1. The van der Waals surface area contributed by atoms with Crippen molar-refractivity contribution in [3.8, 4) is 0 Å². The Labute approximate surface area is 86.1 Å². The van der Waals surface area contributed by atoms with E-state index in [0.717, 1.165) is 10.6 Å². The third-order valence-electron chi connectivity index (χ3n) is 2.15. The minimum atomic E-state index is -1.17. The number of benzene rings is 1. The summed E-state index contributed by atoms with van der Waals surface area (Å²) in [5, 5.41) is 9.84. The van der Waals surface area contributed by atoms with Gasteiger partial charge in [0, 0.05) is 5.56 Å². The lowest BCUT2D eigenvalue weighted by atomic mass is 10.1. The van der Waals surface area contributed by atoms with Crippen molar-refractivity contribution >= 4 is 23.2 Å². The number of carbonyl (C=O) groups is 1. The van der Waals surface area contributed by atoms with Crippen molar-refractivity contribution in [1.82, 2.24) is 5.01 Å². The third-order valence-corrected chi connectivity index (χ3v) is 2.15. The molecule has 0 saturated heterocycles. The molecule has 1 heterocycles. The van der Waals surface area contributed by atoms with Gasteiger partial charge in [-0.05, 0) is 6.07 Å². The molecule has 0 atom stereocenters. The van der Waals surface area contributed by atoms with E-state index in [1.165, 1.54) is 0 Å². The summed E-state index contributed by atoms with van der Waals surface area (Å²) in [6.45, 7) is 3.73. The molecule has 0 fully saturated rings. The number of hydrazine groups is 1. The summed E-state index contributed by atoms with van der Waals surface area (Å²) in [5.74, 6) is 4.16. The van der Waals surface area contributed by atoms with Crippen LogP contribution in [0.1, 0.15) is 5.56 Å². The van der Waals surface area contributed by atoms with Crippen LogP contribution in [0.15, 0.2) is 35.8 Å². The molecule has 0 bridgehead atoms. The molecular formula is C10H9N3O2. The molecule has 1 aromatic rings. The molecule has 15 heavy (non-hydrogen) atoms. The zero-order chi connectivity index (χ0) is 11.0. The fraction of sp³-hybridized carbons (Fsp3) is 0. The van der Waals surface area contributed by atoms with Gasteiger partial charge in [-0.2, -0.15) is 0 Å². The molecule has 0 radical (unpaired) electrons. The van der Waals surface area contributed by atoms with Gasteiger partial charge in [-0.3, -0.25) is 5.01 Å². The monoisotopic (exact) mass is 203 g/mol. The molecule has 0 spiro atoms. The van der Waals surface area contributed by atoms with E-state index in [1.54, 1.807) is 18.2 Å². The smallest absolute Gasteiger partial charge is 0.373 e. The summed E-state index contributed by atoms with van der Waals surface area (Å²) in [5.41, 5.74) is 1.74. The SMILES string of the molecule is C=C1c2ccccc2N=C(C(=O)O)N1N. The molecule has 2 rings (SSSR count). The molecule has 0 aromatic heterocycles. The highest BCUT2D eigenvalue weighted by Crippen LogP contribution is 2.30. The lowest BCUT2D eigenvalue weighted by molar-refractivity contribution is -0.130. The van der Waals surface area contributed by atoms with Gasteiger partial charge in [-0.25, -0.2) is 15.6 Å². The molecule has 0 aliphatic carbocycles. The summed E-state index contributed by atoms with van der Waals surface area (Å²) in [6, 6.07) is 7.11. The van der Waals surface area contributed by atoms with E-state index in [0.29, 0.717) is 11.4 Å². The van der Waals surface area contributed by atoms with Gasteiger partial charge in [0.05, 0.1) is 11.4 Å². The number of aliphatic imine (C=N–C) groups is 1. The zero-order valence-corrected chi connectivity index (χ0v) is 7.84. The van der Waals surface area contributed by atoms with E-state index in [2.05, 4.69) is 11.6 Å². The second-order valence-electron chi connectivity index (χ2n) is 3.07. The second kappa shape index (κ2) is 3.21. The Hall–Kier alpha value is -2.14. The molecule has 76 valence electrons. The lowest BCUT2D eigenvalue weighted by Gasteiger charge is -2.25. The van der Waals surface area contributed by atoms with Crippen LogP contribution in [0, 0.1) is 0 Å². The molecule has 0 amide bonds. The molecular weight excluding hydrogens is 194 g/mol. The maximum atomic E-state index is 10.8. The number of aliphatic carboxylic acids is 1. The first-order chi connectivity index (χ1) is 7.11. The molecule has 1 aliphatic heterocycles. The molecule has 5 heteroatoms. The van der Waals surface area contributed by atoms with E-state index in [-0.39, 0.29) is 5.84 Å². The molecule has 0 saturated carbocycles. The van der Waals surface area contributed by atoms with Crippen LogP contribution in [0.25, 0.3) is 5.70 Å². The average molecular weight is 203 g/mol. The van der Waals surface area contributed by atoms with Gasteiger partial charge in [0.2, 0.25) is 5.84 Å². The number of para-hydroxylation sites is 1. The van der Waals surface area contributed by atoms with Gasteiger partial charge < -0.3 is 5.11 Å². The summed E-state index contributed by atoms with van der Waals surface area (Å²) in [6.07, 6.45) is 0. The largest absolute Gasteiger partial charge is 0.475 e. The van der Waals surface area contributed by atoms with Crippen molar-refractivity contribution in [3.05, 3.63) is 36.4 Å². The van der Waals surface area contributed by atoms with Crippen LogP contribution in [-0.4, -0.2) is 21.9 Å². The lowest BCUT2D eigenvalue weighted by Crippen LogP contribution is -2.41. The highest BCUT2D eigenvalue weighted by molar-refractivity contribution is 6.37. The summed E-state index contributed by atoms with van der Waals surface area (Å²) in [4.78, 5) is 14.8. The van der Waals surface area contributed by atoms with Crippen molar-refractivity contribution in [1.29, 1.82) is 0 Å². The average Bonchev–Trinajstić information content (AvgIpc) is 2.23. The molecule has 1 aromatic carbocycles. The highest BCUT2D eigenvalue weighted by Gasteiger charge is 2.25. The number of carboxylic acids is 1. The number of rotatable bonds is 1. The normalized spacial score (nSPS) is 14.6. The number of fused-ring (bicyclic) bond motifs is 1. The summed E-state index contributed by atoms with van der Waals surface area (Å²) >= 11 is 0. The maximum Gasteiger partial charge on any atom is 0.373 e. The summed E-state index contributed by atoms with van der Waals surface area (Å²) < 4.78 is 0. The van der Waals surface area contributed by atoms with Gasteiger partial charge in [0.15, 0.2) is 0 Å². The van der Waals surface area contributed by atoms with Gasteiger partial charge in [-0.1, -0.05) is 24.8 Å². The van der Waals surface area contributed by atoms with Crippen molar-refractivity contribution < 1.29 is 9.90 Å². The van der Waals surface area contributed by atoms with Crippen LogP contribution >= 0.6 is 0 Å². The number of nitrogens with two attached hydrogens (primary N) is 1. The Bertz CT molecular complexity index is 479. The van der Waals surface area contributed by atoms with Crippen molar-refractivity contribution in [2.45, 2.75) is 0 Å². The van der Waals surface area contributed by atoms with Crippen LogP contribution in [0.2, 0.25) is 0 Å². The first-order valence-electron chi connectivity index (χ1n) is 4.26. The van der Waals surface area contributed by atoms with Crippen molar-refractivity contribution in [3.63, 3.8) is 0 Å². The Balaban J connectivity index is 2.62. The first-order valence-corrected chi connectivity index (χ1v) is 4.26. The number of nitrogens with zero attached hydrogens (tertiary/aromatic N) is 2. The van der Waals surface area contributed by atoms with Crippen molar-refractivity contribution in [2.75, 3.05) is 0 Å². The van der Waals surface area contributed by atoms with Crippen LogP contribution < -0.4 is 5.84 Å². The van der Waals surface area contributed by atoms with Crippen molar-refractivity contribution in [2.24, 2.45) is 10.8 Å². The quantitative estimate of drug-likeness (QED) is 0.666. The second-order valence-corrected chi connectivity index (χ2v) is 3.07. The highest BCUT2D eigenvalue weighted by atomic mass is 16.4. The van der Waals surface area contributed by atoms with E-state index < -0.39 is 5.97 Å². The first kappa shape index (κ1) is 9.42. The van der Waals surface area contributed by atoms with Gasteiger partial charge >= 0.3 is 5.97 Å². The van der Waals surface area contributed by atoms with E-state index in [1.807, 2.05) is 6.07 Å². The Kier molecular flexibility index (Phi) is 2.02. The fourth-order valence-corrected chi connectivity index (χ4v) is 1.39. The standard InChI is InChI=1S/C10H9N3O2/c1-6-7-4-2-3-5-8(7)12-9(10(14)15)13(6)11/h2-5H,1,11H2,(H,14,15). The minimum absolute atomic E-state index is 0.223. The molecule has 0 unspecified atom stereocenters. The predicted octanol–water partition coefficient (Wildman–Crippen LogP) is 0.961. The maximum absolute atomic E-state index is 10.8. The number of hydrogen-bond donors (Lipinski definition) is 2. The van der Waals surface area contributed by atoms with Crippen LogP contribution in [0.3, 0.4) is 0 Å². The molecule has 3 N–H and O–H groups in total. The topological polar surface area (TPSA) is 78.9 Å². The Morgan fingerprint density at radius 2 is 2.13 bits per heavy atom.